The Morgan fingerprint density at radius 1 is 1.57 bits per heavy atom. The second-order valence-corrected chi connectivity index (χ2v) is 3.04. The Bertz CT molecular complexity index is 335. The van der Waals surface area contributed by atoms with Crippen LogP contribution in [0, 0.1) is 0 Å². The summed E-state index contributed by atoms with van der Waals surface area (Å²) in [6, 6.07) is 3.68. The van der Waals surface area contributed by atoms with Crippen LogP contribution in [0.1, 0.15) is 0 Å². The Kier molecular flexibility index (Phi) is 2.22. The van der Waals surface area contributed by atoms with Gasteiger partial charge in [-0.3, -0.25) is 4.90 Å². The van der Waals surface area contributed by atoms with Crippen molar-refractivity contribution in [2.24, 2.45) is 0 Å². The highest BCUT2D eigenvalue weighted by Crippen LogP contribution is 2.16. The number of carbonyl (C=O) groups is 1. The predicted octanol–water partition coefficient (Wildman–Crippen LogP) is 0.653. The van der Waals surface area contributed by atoms with Gasteiger partial charge in [-0.25, -0.2) is 9.78 Å². The molecule has 1 aliphatic heterocycles. The SMILES string of the molecule is CNc1ccc(N2CCNC2=O)cn1. The lowest BCUT2D eigenvalue weighted by atomic mass is 10.3. The van der Waals surface area contributed by atoms with Gasteiger partial charge in [-0.15, -0.1) is 0 Å². The number of hydrogen-bond donors (Lipinski definition) is 2. The van der Waals surface area contributed by atoms with Crippen molar-refractivity contribution < 1.29 is 4.79 Å². The number of anilines is 2. The summed E-state index contributed by atoms with van der Waals surface area (Å²) in [4.78, 5) is 17.1. The Balaban J connectivity index is 2.20. The summed E-state index contributed by atoms with van der Waals surface area (Å²) in [7, 11) is 1.81. The van der Waals surface area contributed by atoms with E-state index in [1.54, 1.807) is 11.1 Å². The zero-order valence-corrected chi connectivity index (χ0v) is 7.95. The molecular formula is C9H12N4O. The zero-order valence-electron chi connectivity index (χ0n) is 7.95. The first-order chi connectivity index (χ1) is 6.81. The van der Waals surface area contributed by atoms with Gasteiger partial charge in [0.05, 0.1) is 11.9 Å². The highest BCUT2D eigenvalue weighted by molar-refractivity contribution is 5.93. The summed E-state index contributed by atoms with van der Waals surface area (Å²) in [6.45, 7) is 1.41. The smallest absolute Gasteiger partial charge is 0.322 e. The second kappa shape index (κ2) is 3.53. The molecule has 1 aromatic heterocycles. The van der Waals surface area contributed by atoms with Crippen molar-refractivity contribution in [1.82, 2.24) is 10.3 Å². The maximum Gasteiger partial charge on any atom is 0.322 e. The molecule has 0 spiro atoms. The van der Waals surface area contributed by atoms with E-state index in [4.69, 9.17) is 0 Å². The van der Waals surface area contributed by atoms with Gasteiger partial charge in [0.1, 0.15) is 5.82 Å². The summed E-state index contributed by atoms with van der Waals surface area (Å²) in [6.07, 6.45) is 1.69. The molecule has 2 N–H and O–H groups in total. The van der Waals surface area contributed by atoms with E-state index in [0.29, 0.717) is 13.1 Å². The van der Waals surface area contributed by atoms with E-state index in [2.05, 4.69) is 15.6 Å². The number of amides is 2. The van der Waals surface area contributed by atoms with Gasteiger partial charge in [0.15, 0.2) is 0 Å². The fourth-order valence-corrected chi connectivity index (χ4v) is 1.41. The number of pyridine rings is 1. The van der Waals surface area contributed by atoms with Crippen LogP contribution in [0.15, 0.2) is 18.3 Å². The Morgan fingerprint density at radius 2 is 2.43 bits per heavy atom. The number of nitrogens with zero attached hydrogens (tertiary/aromatic N) is 2. The average molecular weight is 192 g/mol. The number of aromatic nitrogens is 1. The molecule has 0 atom stereocenters. The minimum Gasteiger partial charge on any atom is -0.373 e. The third-order valence-corrected chi connectivity index (χ3v) is 2.17. The predicted molar refractivity (Wildman–Crippen MR) is 54.5 cm³/mol. The lowest BCUT2D eigenvalue weighted by molar-refractivity contribution is 0.252. The first-order valence-corrected chi connectivity index (χ1v) is 4.50. The molecule has 5 nitrogen and oxygen atoms in total. The monoisotopic (exact) mass is 192 g/mol. The number of rotatable bonds is 2. The van der Waals surface area contributed by atoms with Crippen LogP contribution in [0.25, 0.3) is 0 Å². The molecule has 1 fully saturated rings. The van der Waals surface area contributed by atoms with Crippen molar-refractivity contribution in [1.29, 1.82) is 0 Å². The van der Waals surface area contributed by atoms with Gasteiger partial charge in [-0.2, -0.15) is 0 Å². The number of nitrogens with one attached hydrogen (secondary N) is 2. The fourth-order valence-electron chi connectivity index (χ4n) is 1.41. The van der Waals surface area contributed by atoms with Gasteiger partial charge < -0.3 is 10.6 Å². The molecule has 0 aliphatic carbocycles. The van der Waals surface area contributed by atoms with Gasteiger partial charge >= 0.3 is 6.03 Å². The molecule has 5 heteroatoms. The van der Waals surface area contributed by atoms with Crippen molar-refractivity contribution in [3.8, 4) is 0 Å². The largest absolute Gasteiger partial charge is 0.373 e. The van der Waals surface area contributed by atoms with E-state index >= 15 is 0 Å². The Morgan fingerprint density at radius 3 is 2.93 bits per heavy atom. The Labute approximate surface area is 82.1 Å². The second-order valence-electron chi connectivity index (χ2n) is 3.04. The van der Waals surface area contributed by atoms with Crippen molar-refractivity contribution in [3.63, 3.8) is 0 Å². The fraction of sp³-hybridized carbons (Fsp3) is 0.333. The van der Waals surface area contributed by atoms with Crippen LogP contribution in [0.3, 0.4) is 0 Å². The van der Waals surface area contributed by atoms with E-state index in [1.165, 1.54) is 0 Å². The van der Waals surface area contributed by atoms with Crippen LogP contribution in [-0.2, 0) is 0 Å². The molecule has 0 radical (unpaired) electrons. The van der Waals surface area contributed by atoms with E-state index in [1.807, 2.05) is 19.2 Å². The van der Waals surface area contributed by atoms with E-state index in [-0.39, 0.29) is 6.03 Å². The molecule has 2 heterocycles. The molecule has 0 bridgehead atoms. The van der Waals surface area contributed by atoms with E-state index in [9.17, 15) is 4.79 Å². The molecule has 1 aliphatic rings. The van der Waals surface area contributed by atoms with E-state index < -0.39 is 0 Å². The summed E-state index contributed by atoms with van der Waals surface area (Å²) >= 11 is 0. The molecule has 0 aromatic carbocycles. The Hall–Kier alpha value is -1.78. The molecular weight excluding hydrogens is 180 g/mol. The maximum absolute atomic E-state index is 11.3. The summed E-state index contributed by atoms with van der Waals surface area (Å²) < 4.78 is 0. The van der Waals surface area contributed by atoms with Gasteiger partial charge in [0, 0.05) is 20.1 Å². The number of carbonyl (C=O) groups excluding carboxylic acids is 1. The van der Waals surface area contributed by atoms with Gasteiger partial charge in [0.2, 0.25) is 0 Å². The van der Waals surface area contributed by atoms with Gasteiger partial charge in [0.25, 0.3) is 0 Å². The van der Waals surface area contributed by atoms with Crippen molar-refractivity contribution in [2.45, 2.75) is 0 Å². The first kappa shape index (κ1) is 8.80. The molecule has 2 rings (SSSR count). The standard InChI is InChI=1S/C9H12N4O/c1-10-8-3-2-7(6-12-8)13-5-4-11-9(13)14/h2-3,6H,4-5H2,1H3,(H,10,12)(H,11,14). The quantitative estimate of drug-likeness (QED) is 0.723. The minimum atomic E-state index is -0.0518. The lowest BCUT2D eigenvalue weighted by Crippen LogP contribution is -2.27. The van der Waals surface area contributed by atoms with E-state index in [0.717, 1.165) is 11.5 Å². The van der Waals surface area contributed by atoms with Crippen molar-refractivity contribution in [3.05, 3.63) is 18.3 Å². The van der Waals surface area contributed by atoms with Crippen LogP contribution in [0.2, 0.25) is 0 Å². The molecule has 0 saturated carbocycles. The molecule has 2 amide bonds. The summed E-state index contributed by atoms with van der Waals surface area (Å²) in [5.41, 5.74) is 0.832. The highest BCUT2D eigenvalue weighted by atomic mass is 16.2. The number of hydrogen-bond acceptors (Lipinski definition) is 3. The van der Waals surface area contributed by atoms with Gasteiger partial charge in [-0.1, -0.05) is 0 Å². The molecule has 1 aromatic rings. The minimum absolute atomic E-state index is 0.0518. The molecule has 74 valence electrons. The van der Waals surface area contributed by atoms with Crippen molar-refractivity contribution >= 4 is 17.5 Å². The third kappa shape index (κ3) is 1.48. The van der Waals surface area contributed by atoms with Gasteiger partial charge in [-0.05, 0) is 12.1 Å². The molecule has 14 heavy (non-hydrogen) atoms. The average Bonchev–Trinajstić information content (AvgIpc) is 2.65. The van der Waals surface area contributed by atoms with Crippen LogP contribution in [0.4, 0.5) is 16.3 Å². The topological polar surface area (TPSA) is 57.3 Å². The van der Waals surface area contributed by atoms with Crippen molar-refractivity contribution in [2.75, 3.05) is 30.4 Å². The lowest BCUT2D eigenvalue weighted by Gasteiger charge is -2.13. The third-order valence-electron chi connectivity index (χ3n) is 2.17. The summed E-state index contributed by atoms with van der Waals surface area (Å²) in [5, 5.41) is 5.67. The normalized spacial score (nSPS) is 15.5. The first-order valence-electron chi connectivity index (χ1n) is 4.50. The highest BCUT2D eigenvalue weighted by Gasteiger charge is 2.20. The van der Waals surface area contributed by atoms with Crippen LogP contribution in [-0.4, -0.2) is 31.2 Å². The van der Waals surface area contributed by atoms with Crippen LogP contribution >= 0.6 is 0 Å². The summed E-state index contributed by atoms with van der Waals surface area (Å²) in [5.74, 6) is 0.799. The zero-order chi connectivity index (χ0) is 9.97. The van der Waals surface area contributed by atoms with Crippen LogP contribution in [0.5, 0.6) is 0 Å². The van der Waals surface area contributed by atoms with Crippen LogP contribution < -0.4 is 15.5 Å². The number of urea groups is 1. The maximum atomic E-state index is 11.3. The molecule has 0 unspecified atom stereocenters. The molecule has 1 saturated heterocycles.